The van der Waals surface area contributed by atoms with Gasteiger partial charge in [0.25, 0.3) is 5.91 Å². The van der Waals surface area contributed by atoms with Crippen molar-refractivity contribution >= 4 is 26.3 Å². The summed E-state index contributed by atoms with van der Waals surface area (Å²) in [5, 5.41) is 2.98. The van der Waals surface area contributed by atoms with Gasteiger partial charge in [-0.15, -0.1) is 0 Å². The minimum absolute atomic E-state index is 0.132. The van der Waals surface area contributed by atoms with Crippen molar-refractivity contribution in [3.63, 3.8) is 0 Å². The molecular formula is C31H33ClN2O3RuS. The van der Waals surface area contributed by atoms with Gasteiger partial charge in [0.1, 0.15) is 0 Å². The van der Waals surface area contributed by atoms with E-state index in [0.29, 0.717) is 11.5 Å². The van der Waals surface area contributed by atoms with Gasteiger partial charge in [-0.1, -0.05) is 134 Å². The first kappa shape index (κ1) is 32.4. The van der Waals surface area contributed by atoms with E-state index in [-0.39, 0.29) is 10.8 Å². The zero-order valence-corrected chi connectivity index (χ0v) is 25.4. The van der Waals surface area contributed by atoms with Gasteiger partial charge in [-0.3, -0.25) is 4.79 Å². The number of nitrogens with one attached hydrogen (secondary N) is 1. The van der Waals surface area contributed by atoms with E-state index in [9.17, 15) is 13.2 Å². The molecule has 5 nitrogen and oxygen atoms in total. The Bertz CT molecular complexity index is 1340. The van der Waals surface area contributed by atoms with Crippen molar-refractivity contribution in [2.45, 2.75) is 43.7 Å². The maximum atomic E-state index is 12.7. The fraction of sp³-hybridized carbons (Fsp3) is 0.194. The van der Waals surface area contributed by atoms with Crippen LogP contribution in [0.3, 0.4) is 0 Å². The monoisotopic (exact) mass is 650 g/mol. The Hall–Kier alpha value is -2.83. The molecule has 0 fully saturated rings. The van der Waals surface area contributed by atoms with Gasteiger partial charge in [0, 0.05) is 5.56 Å². The summed E-state index contributed by atoms with van der Waals surface area (Å²) in [6.07, 6.45) is 0. The quantitative estimate of drug-likeness (QED) is 0.162. The second-order valence-corrected chi connectivity index (χ2v) is 10.1. The topological polar surface area (TPSA) is 89.3 Å². The molecule has 4 rings (SSSR count). The number of benzene rings is 4. The number of halogens is 1. The summed E-state index contributed by atoms with van der Waals surface area (Å²) in [6.45, 7) is 6.54. The first-order chi connectivity index (χ1) is 18.8. The van der Waals surface area contributed by atoms with Crippen molar-refractivity contribution in [1.29, 1.82) is 0 Å². The van der Waals surface area contributed by atoms with Crippen LogP contribution in [-0.4, -0.2) is 5.91 Å². The Labute approximate surface area is 247 Å². The van der Waals surface area contributed by atoms with E-state index in [0.717, 1.165) is 11.1 Å². The van der Waals surface area contributed by atoms with Gasteiger partial charge in [0.05, 0.1) is 12.1 Å². The van der Waals surface area contributed by atoms with Crippen LogP contribution in [0.4, 0.5) is 0 Å². The third kappa shape index (κ3) is 10.3. The Balaban J connectivity index is 0.000000372. The molecule has 8 heteroatoms. The summed E-state index contributed by atoms with van der Waals surface area (Å²) in [6, 6.07) is 32.7. The molecule has 0 aromatic heterocycles. The van der Waals surface area contributed by atoms with E-state index in [1.54, 1.807) is 0 Å². The Morgan fingerprint density at radius 3 is 1.69 bits per heavy atom. The van der Waals surface area contributed by atoms with Crippen molar-refractivity contribution in [2.24, 2.45) is 5.73 Å². The van der Waals surface area contributed by atoms with Crippen LogP contribution in [0.5, 0.6) is 0 Å². The molecule has 1 amide bonds. The van der Waals surface area contributed by atoms with Crippen LogP contribution in [-0.2, 0) is 36.4 Å². The number of aryl methyl sites for hydroxylation is 1. The first-order valence-electron chi connectivity index (χ1n) is 12.3. The molecule has 0 bridgehead atoms. The van der Waals surface area contributed by atoms with Crippen molar-refractivity contribution in [3.8, 4) is 0 Å². The van der Waals surface area contributed by atoms with Gasteiger partial charge >= 0.3 is 27.0 Å². The molecule has 0 radical (unpaired) electrons. The molecule has 0 saturated carbocycles. The average molecular weight is 650 g/mol. The van der Waals surface area contributed by atoms with E-state index in [1.165, 1.54) is 35.4 Å². The maximum absolute atomic E-state index is 12.7. The van der Waals surface area contributed by atoms with Gasteiger partial charge in [0.15, 0.2) is 0 Å². The second kappa shape index (κ2) is 17.0. The Morgan fingerprint density at radius 2 is 1.23 bits per heavy atom. The Kier molecular flexibility index (Phi) is 14.1. The summed E-state index contributed by atoms with van der Waals surface area (Å²) < 4.78 is 21.9. The zero-order chi connectivity index (χ0) is 28.8. The van der Waals surface area contributed by atoms with Gasteiger partial charge in [0.2, 0.25) is 0 Å². The van der Waals surface area contributed by atoms with Crippen molar-refractivity contribution < 1.29 is 30.5 Å². The number of amides is 1. The molecule has 0 aliphatic carbocycles. The van der Waals surface area contributed by atoms with Gasteiger partial charge in [-0.05, 0) is 40.2 Å². The Morgan fingerprint density at radius 1 is 0.744 bits per heavy atom. The third-order valence-corrected chi connectivity index (χ3v) is 6.70. The standard InChI is InChI=1S/C21H19N2O3S.C10H14.ClH.Ru/c22-19(15-7-3-1-4-8-15)20(16-9-5-2-6-10-16)23-21(24)17-11-13-18(14-12-17)27(25)26;1-8(2)10-6-4-9(3)5-7-10;;/h1-14,19-20H,22H2,(H,23,24);4-8H,1-3H3;1H;/q-1;;;+2/p-1/t19-,20-;;;/m0.../s1. The fourth-order valence-electron chi connectivity index (χ4n) is 3.80. The SMILES string of the molecule is Cc1ccc(C(C)C)cc1.N[C@@H](c1ccccc1)[C@@H](NC(=O)c1ccc([S-](=O)=O)cc1)c1ccccc1.[Cl][Ru+]. The molecular weight excluding hydrogens is 617 g/mol. The molecule has 39 heavy (non-hydrogen) atoms. The molecule has 206 valence electrons. The molecule has 2 atom stereocenters. The minimum atomic E-state index is -2.32. The number of carbonyl (C=O) groups is 1. The number of rotatable bonds is 7. The van der Waals surface area contributed by atoms with Crippen LogP contribution in [0.25, 0.3) is 0 Å². The summed E-state index contributed by atoms with van der Waals surface area (Å²) >= 11 is 1.82. The van der Waals surface area contributed by atoms with Gasteiger partial charge < -0.3 is 19.5 Å². The zero-order valence-electron chi connectivity index (χ0n) is 22.1. The van der Waals surface area contributed by atoms with E-state index < -0.39 is 22.8 Å². The van der Waals surface area contributed by atoms with Gasteiger partial charge in [-0.25, -0.2) is 0 Å². The summed E-state index contributed by atoms with van der Waals surface area (Å²) in [5.74, 6) is 0.332. The van der Waals surface area contributed by atoms with Crippen molar-refractivity contribution in [1.82, 2.24) is 5.32 Å². The van der Waals surface area contributed by atoms with E-state index >= 15 is 0 Å². The molecule has 0 aliphatic rings. The van der Waals surface area contributed by atoms with Crippen LogP contribution in [0.2, 0.25) is 0 Å². The molecule has 3 N–H and O–H groups in total. The van der Waals surface area contributed by atoms with Crippen LogP contribution >= 0.6 is 9.69 Å². The van der Waals surface area contributed by atoms with Crippen LogP contribution in [0, 0.1) is 6.92 Å². The number of carbonyl (C=O) groups excluding carboxylic acids is 1. The normalized spacial score (nSPS) is 11.9. The number of hydrogen-bond acceptors (Lipinski definition) is 5. The first-order valence-corrected chi connectivity index (χ1v) is 15.6. The molecule has 0 aliphatic heterocycles. The van der Waals surface area contributed by atoms with Crippen LogP contribution < -0.4 is 11.1 Å². The summed E-state index contributed by atoms with van der Waals surface area (Å²) in [4.78, 5) is 12.9. The van der Waals surface area contributed by atoms with Crippen molar-refractivity contribution in [2.75, 3.05) is 0 Å². The molecule has 0 unspecified atom stereocenters. The fourth-order valence-corrected chi connectivity index (χ4v) is 4.16. The van der Waals surface area contributed by atoms with Crippen LogP contribution in [0.1, 0.15) is 64.5 Å². The molecule has 4 aromatic rings. The predicted octanol–water partition coefficient (Wildman–Crippen LogP) is 7.33. The number of nitrogens with two attached hydrogens (primary N) is 1. The summed E-state index contributed by atoms with van der Waals surface area (Å²) in [5.41, 5.74) is 11.4. The average Bonchev–Trinajstić information content (AvgIpc) is 2.98. The van der Waals surface area contributed by atoms with Crippen LogP contribution in [0.15, 0.2) is 114 Å². The summed E-state index contributed by atoms with van der Waals surface area (Å²) in [7, 11) is 2.24. The predicted molar refractivity (Wildman–Crippen MR) is 155 cm³/mol. The molecule has 0 saturated heterocycles. The van der Waals surface area contributed by atoms with E-state index in [4.69, 9.17) is 5.73 Å². The third-order valence-electron chi connectivity index (χ3n) is 6.04. The van der Waals surface area contributed by atoms with E-state index in [1.807, 2.05) is 78.0 Å². The second-order valence-electron chi connectivity index (χ2n) is 9.12. The number of hydrogen-bond donors (Lipinski definition) is 2. The molecule has 0 heterocycles. The molecule has 4 aromatic carbocycles. The van der Waals surface area contributed by atoms with Crippen molar-refractivity contribution in [3.05, 3.63) is 137 Å². The molecule has 0 spiro atoms. The van der Waals surface area contributed by atoms with Gasteiger partial charge in [-0.2, -0.15) is 0 Å². The van der Waals surface area contributed by atoms with E-state index in [2.05, 4.69) is 60.0 Å².